The van der Waals surface area contributed by atoms with E-state index in [2.05, 4.69) is 4.74 Å². The van der Waals surface area contributed by atoms with Gasteiger partial charge < -0.3 is 14.4 Å². The SMILES string of the molecule is COC(=O)C(=CN1CCCC1=N)OC. The highest BCUT2D eigenvalue weighted by atomic mass is 16.6. The van der Waals surface area contributed by atoms with Crippen molar-refractivity contribution in [3.8, 4) is 0 Å². The third-order valence-electron chi connectivity index (χ3n) is 2.04. The molecule has 0 amide bonds. The summed E-state index contributed by atoms with van der Waals surface area (Å²) in [6, 6.07) is 0. The monoisotopic (exact) mass is 198 g/mol. The standard InChI is InChI=1S/C9H14N2O3/c1-13-7(9(12)14-2)6-11-5-3-4-8(11)10/h6,10H,3-5H2,1-2H3. The molecule has 1 saturated heterocycles. The zero-order chi connectivity index (χ0) is 10.6. The molecule has 0 atom stereocenters. The van der Waals surface area contributed by atoms with Crippen molar-refractivity contribution in [3.63, 3.8) is 0 Å². The van der Waals surface area contributed by atoms with Crippen molar-refractivity contribution in [2.75, 3.05) is 20.8 Å². The number of hydrogen-bond acceptors (Lipinski definition) is 4. The van der Waals surface area contributed by atoms with Crippen LogP contribution in [0.3, 0.4) is 0 Å². The molecule has 1 aliphatic heterocycles. The van der Waals surface area contributed by atoms with Crippen molar-refractivity contribution >= 4 is 11.8 Å². The van der Waals surface area contributed by atoms with Crippen LogP contribution < -0.4 is 0 Å². The van der Waals surface area contributed by atoms with Crippen LogP contribution >= 0.6 is 0 Å². The van der Waals surface area contributed by atoms with Crippen LogP contribution in [0, 0.1) is 5.41 Å². The molecule has 5 nitrogen and oxygen atoms in total. The number of nitrogens with one attached hydrogen (secondary N) is 1. The van der Waals surface area contributed by atoms with Gasteiger partial charge in [-0.15, -0.1) is 0 Å². The Morgan fingerprint density at radius 3 is 2.64 bits per heavy atom. The smallest absolute Gasteiger partial charge is 0.374 e. The number of ether oxygens (including phenoxy) is 2. The molecule has 78 valence electrons. The molecule has 5 heteroatoms. The molecule has 0 radical (unpaired) electrons. The Hall–Kier alpha value is -1.52. The lowest BCUT2D eigenvalue weighted by Gasteiger charge is -2.13. The van der Waals surface area contributed by atoms with Gasteiger partial charge in [0, 0.05) is 13.0 Å². The summed E-state index contributed by atoms with van der Waals surface area (Å²) in [4.78, 5) is 12.8. The summed E-state index contributed by atoms with van der Waals surface area (Å²) in [6.45, 7) is 0.753. The Bertz CT molecular complexity index is 273. The van der Waals surface area contributed by atoms with Gasteiger partial charge in [0.15, 0.2) is 0 Å². The molecule has 0 unspecified atom stereocenters. The molecule has 1 fully saturated rings. The Morgan fingerprint density at radius 1 is 1.50 bits per heavy atom. The number of esters is 1. The molecule has 0 aromatic heterocycles. The van der Waals surface area contributed by atoms with Crippen molar-refractivity contribution in [1.29, 1.82) is 5.41 Å². The van der Waals surface area contributed by atoms with Crippen molar-refractivity contribution in [2.24, 2.45) is 0 Å². The summed E-state index contributed by atoms with van der Waals surface area (Å²) in [5.74, 6) is 0.106. The number of amidine groups is 1. The topological polar surface area (TPSA) is 62.6 Å². The minimum absolute atomic E-state index is 0.124. The van der Waals surface area contributed by atoms with Crippen LogP contribution in [0.15, 0.2) is 12.0 Å². The Balaban J connectivity index is 2.72. The van der Waals surface area contributed by atoms with Crippen LogP contribution in [0.25, 0.3) is 0 Å². The first-order valence-electron chi connectivity index (χ1n) is 4.37. The van der Waals surface area contributed by atoms with Gasteiger partial charge in [0.25, 0.3) is 0 Å². The number of carbonyl (C=O) groups excluding carboxylic acids is 1. The second-order valence-electron chi connectivity index (χ2n) is 2.93. The number of nitrogens with zero attached hydrogens (tertiary/aromatic N) is 1. The predicted molar refractivity (Wildman–Crippen MR) is 50.8 cm³/mol. The predicted octanol–water partition coefficient (Wildman–Crippen LogP) is 0.720. The molecule has 14 heavy (non-hydrogen) atoms. The van der Waals surface area contributed by atoms with E-state index in [1.54, 1.807) is 4.90 Å². The molecular formula is C9H14N2O3. The van der Waals surface area contributed by atoms with Crippen molar-refractivity contribution in [3.05, 3.63) is 12.0 Å². The van der Waals surface area contributed by atoms with E-state index in [-0.39, 0.29) is 5.76 Å². The van der Waals surface area contributed by atoms with Gasteiger partial charge in [-0.2, -0.15) is 0 Å². The van der Waals surface area contributed by atoms with Gasteiger partial charge in [-0.1, -0.05) is 0 Å². The van der Waals surface area contributed by atoms with Crippen LogP contribution in [-0.2, 0) is 14.3 Å². The molecule has 1 N–H and O–H groups in total. The van der Waals surface area contributed by atoms with E-state index in [9.17, 15) is 4.79 Å². The maximum absolute atomic E-state index is 11.1. The number of likely N-dealkylation sites (tertiary alicyclic amines) is 1. The normalized spacial score (nSPS) is 17.1. The largest absolute Gasteiger partial charge is 0.489 e. The fourth-order valence-electron chi connectivity index (χ4n) is 1.27. The summed E-state index contributed by atoms with van der Waals surface area (Å²) in [6.07, 6.45) is 3.20. The van der Waals surface area contributed by atoms with Gasteiger partial charge in [0.2, 0.25) is 5.76 Å². The van der Waals surface area contributed by atoms with Gasteiger partial charge in [0.1, 0.15) is 0 Å². The maximum Gasteiger partial charge on any atom is 0.374 e. The highest BCUT2D eigenvalue weighted by Crippen LogP contribution is 2.12. The number of methoxy groups -OCH3 is 2. The Labute approximate surface area is 82.8 Å². The summed E-state index contributed by atoms with van der Waals surface area (Å²) >= 11 is 0. The minimum atomic E-state index is -0.521. The third-order valence-corrected chi connectivity index (χ3v) is 2.04. The average molecular weight is 198 g/mol. The Kier molecular flexibility index (Phi) is 3.50. The first-order valence-corrected chi connectivity index (χ1v) is 4.37. The molecular weight excluding hydrogens is 184 g/mol. The van der Waals surface area contributed by atoms with Gasteiger partial charge >= 0.3 is 5.97 Å². The highest BCUT2D eigenvalue weighted by molar-refractivity contribution is 5.88. The van der Waals surface area contributed by atoms with Crippen molar-refractivity contribution in [2.45, 2.75) is 12.8 Å². The second kappa shape index (κ2) is 4.64. The van der Waals surface area contributed by atoms with Gasteiger partial charge in [-0.25, -0.2) is 4.79 Å². The zero-order valence-corrected chi connectivity index (χ0v) is 8.37. The van der Waals surface area contributed by atoms with E-state index in [0.717, 1.165) is 19.4 Å². The van der Waals surface area contributed by atoms with Gasteiger partial charge in [0.05, 0.1) is 26.3 Å². The maximum atomic E-state index is 11.1. The van der Waals surface area contributed by atoms with Crippen molar-refractivity contribution < 1.29 is 14.3 Å². The summed E-state index contributed by atoms with van der Waals surface area (Å²) < 4.78 is 9.38. The molecule has 0 aromatic rings. The Morgan fingerprint density at radius 2 is 2.21 bits per heavy atom. The lowest BCUT2D eigenvalue weighted by atomic mass is 10.4. The molecule has 0 spiro atoms. The fourth-order valence-corrected chi connectivity index (χ4v) is 1.27. The first-order chi connectivity index (χ1) is 6.69. The average Bonchev–Trinajstić information content (AvgIpc) is 2.59. The van der Waals surface area contributed by atoms with Crippen LogP contribution in [-0.4, -0.2) is 37.5 Å². The van der Waals surface area contributed by atoms with Crippen LogP contribution in [0.2, 0.25) is 0 Å². The summed E-state index contributed by atoms with van der Waals surface area (Å²) in [5, 5.41) is 7.55. The number of rotatable bonds is 3. The second-order valence-corrected chi connectivity index (χ2v) is 2.93. The molecule has 0 bridgehead atoms. The van der Waals surface area contributed by atoms with Gasteiger partial charge in [-0.05, 0) is 6.42 Å². The summed E-state index contributed by atoms with van der Waals surface area (Å²) in [7, 11) is 2.70. The van der Waals surface area contributed by atoms with E-state index >= 15 is 0 Å². The lowest BCUT2D eigenvalue weighted by Crippen LogP contribution is -2.20. The molecule has 0 saturated carbocycles. The van der Waals surface area contributed by atoms with E-state index in [4.69, 9.17) is 10.1 Å². The molecule has 1 rings (SSSR count). The quantitative estimate of drug-likeness (QED) is 0.412. The molecule has 1 heterocycles. The van der Waals surface area contributed by atoms with E-state index < -0.39 is 5.97 Å². The number of hydrogen-bond donors (Lipinski definition) is 1. The minimum Gasteiger partial charge on any atom is -0.489 e. The van der Waals surface area contributed by atoms with E-state index in [0.29, 0.717) is 5.84 Å². The molecule has 1 aliphatic rings. The van der Waals surface area contributed by atoms with Crippen molar-refractivity contribution in [1.82, 2.24) is 4.90 Å². The fraction of sp³-hybridized carbons (Fsp3) is 0.556. The van der Waals surface area contributed by atoms with Crippen LogP contribution in [0.1, 0.15) is 12.8 Å². The zero-order valence-electron chi connectivity index (χ0n) is 8.37. The molecule has 0 aliphatic carbocycles. The van der Waals surface area contributed by atoms with E-state index in [1.807, 2.05) is 0 Å². The van der Waals surface area contributed by atoms with Crippen LogP contribution in [0.5, 0.6) is 0 Å². The summed E-state index contributed by atoms with van der Waals surface area (Å²) in [5.41, 5.74) is 0. The number of carbonyl (C=O) groups is 1. The van der Waals surface area contributed by atoms with Crippen LogP contribution in [0.4, 0.5) is 0 Å². The lowest BCUT2D eigenvalue weighted by molar-refractivity contribution is -0.139. The molecule has 0 aromatic carbocycles. The third kappa shape index (κ3) is 2.25. The van der Waals surface area contributed by atoms with E-state index in [1.165, 1.54) is 20.4 Å². The first kappa shape index (κ1) is 10.6. The highest BCUT2D eigenvalue weighted by Gasteiger charge is 2.18. The van der Waals surface area contributed by atoms with Gasteiger partial charge in [-0.3, -0.25) is 5.41 Å².